The van der Waals surface area contributed by atoms with E-state index in [1.807, 2.05) is 6.07 Å². The Morgan fingerprint density at radius 2 is 2.12 bits per heavy atom. The average Bonchev–Trinajstić information content (AvgIpc) is 2.23. The molecule has 0 aliphatic heterocycles. The van der Waals surface area contributed by atoms with Crippen LogP contribution in [0, 0.1) is 29.0 Å². The van der Waals surface area contributed by atoms with Crippen molar-refractivity contribution in [1.82, 2.24) is 0 Å². The molecule has 0 radical (unpaired) electrons. The fourth-order valence-corrected chi connectivity index (χ4v) is 1.35. The molecule has 1 aromatic rings. The highest BCUT2D eigenvalue weighted by Crippen LogP contribution is 2.07. The van der Waals surface area contributed by atoms with Gasteiger partial charge in [0.15, 0.2) is 5.12 Å². The van der Waals surface area contributed by atoms with Gasteiger partial charge >= 0.3 is 0 Å². The number of carbonyl (C=O) groups excluding carboxylic acids is 1. The molecule has 0 aromatic heterocycles. The van der Waals surface area contributed by atoms with E-state index in [1.165, 1.54) is 19.1 Å². The zero-order valence-corrected chi connectivity index (χ0v) is 9.40. The van der Waals surface area contributed by atoms with Gasteiger partial charge in [0.1, 0.15) is 5.82 Å². The molecule has 0 aliphatic rings. The average molecular weight is 233 g/mol. The lowest BCUT2D eigenvalue weighted by Crippen LogP contribution is -1.85. The van der Waals surface area contributed by atoms with Crippen LogP contribution in [0.1, 0.15) is 18.1 Å². The summed E-state index contributed by atoms with van der Waals surface area (Å²) in [6.45, 7) is 1.46. The first-order valence-corrected chi connectivity index (χ1v) is 5.43. The summed E-state index contributed by atoms with van der Waals surface area (Å²) in [4.78, 5) is 10.6. The molecule has 0 unspecified atom stereocenters. The lowest BCUT2D eigenvalue weighted by atomic mass is 10.1. The number of hydrogen-bond donors (Lipinski definition) is 0. The maximum Gasteiger partial charge on any atom is 0.186 e. The topological polar surface area (TPSA) is 40.9 Å². The summed E-state index contributed by atoms with van der Waals surface area (Å²) in [6.07, 6.45) is 0. The smallest absolute Gasteiger partial charge is 0.186 e. The summed E-state index contributed by atoms with van der Waals surface area (Å²) < 4.78 is 13.0. The Kier molecular flexibility index (Phi) is 4.57. The predicted molar refractivity (Wildman–Crippen MR) is 61.1 cm³/mol. The first-order valence-electron chi connectivity index (χ1n) is 4.45. The second-order valence-corrected chi connectivity index (χ2v) is 4.07. The Morgan fingerprint density at radius 1 is 1.44 bits per heavy atom. The third-order valence-electron chi connectivity index (χ3n) is 1.61. The van der Waals surface area contributed by atoms with Crippen LogP contribution >= 0.6 is 11.8 Å². The molecule has 0 bridgehead atoms. The molecule has 0 heterocycles. The van der Waals surface area contributed by atoms with Crippen LogP contribution in [-0.4, -0.2) is 10.9 Å². The van der Waals surface area contributed by atoms with E-state index < -0.39 is 5.82 Å². The minimum Gasteiger partial charge on any atom is -0.288 e. The van der Waals surface area contributed by atoms with Gasteiger partial charge in [0.2, 0.25) is 0 Å². The van der Waals surface area contributed by atoms with Gasteiger partial charge in [-0.15, -0.1) is 0 Å². The molecule has 4 heteroatoms. The molecule has 0 fully saturated rings. The monoisotopic (exact) mass is 233 g/mol. The maximum absolute atomic E-state index is 13.0. The number of nitriles is 1. The third-order valence-corrected chi connectivity index (χ3v) is 2.30. The summed E-state index contributed by atoms with van der Waals surface area (Å²) >= 11 is 1.09. The van der Waals surface area contributed by atoms with E-state index in [1.54, 1.807) is 0 Å². The van der Waals surface area contributed by atoms with Gasteiger partial charge in [0, 0.05) is 12.5 Å². The van der Waals surface area contributed by atoms with Gasteiger partial charge in [-0.3, -0.25) is 4.79 Å². The Balaban J connectivity index is 2.77. The largest absolute Gasteiger partial charge is 0.288 e. The van der Waals surface area contributed by atoms with Crippen LogP contribution in [0.4, 0.5) is 4.39 Å². The summed E-state index contributed by atoms with van der Waals surface area (Å²) in [5.41, 5.74) is 0.684. The van der Waals surface area contributed by atoms with E-state index in [0.717, 1.165) is 17.8 Å². The van der Waals surface area contributed by atoms with Gasteiger partial charge in [-0.25, -0.2) is 4.39 Å². The van der Waals surface area contributed by atoms with Crippen LogP contribution in [0.5, 0.6) is 0 Å². The molecular formula is C12H8FNOS. The van der Waals surface area contributed by atoms with E-state index in [0.29, 0.717) is 11.3 Å². The molecule has 0 saturated heterocycles. The second kappa shape index (κ2) is 5.95. The third kappa shape index (κ3) is 4.16. The van der Waals surface area contributed by atoms with Crippen molar-refractivity contribution in [2.45, 2.75) is 6.92 Å². The number of halogens is 1. The van der Waals surface area contributed by atoms with Crippen molar-refractivity contribution in [3.63, 3.8) is 0 Å². The van der Waals surface area contributed by atoms with Crippen LogP contribution in [0.25, 0.3) is 0 Å². The first-order chi connectivity index (χ1) is 7.61. The standard InChI is InChI=1S/C12H8FNOS/c1-9(15)16-4-2-3-10-5-11(8-14)7-12(13)6-10/h5-7H,4H2,1H3. The summed E-state index contributed by atoms with van der Waals surface area (Å²) in [7, 11) is 0. The molecular weight excluding hydrogens is 225 g/mol. The number of nitrogens with zero attached hydrogens (tertiary/aromatic N) is 1. The van der Waals surface area contributed by atoms with E-state index >= 15 is 0 Å². The van der Waals surface area contributed by atoms with Gasteiger partial charge in [0.25, 0.3) is 0 Å². The van der Waals surface area contributed by atoms with Crippen molar-refractivity contribution in [1.29, 1.82) is 5.26 Å². The van der Waals surface area contributed by atoms with Gasteiger partial charge in [-0.2, -0.15) is 5.26 Å². The minimum absolute atomic E-state index is 0.00810. The molecule has 1 aromatic carbocycles. The Bertz CT molecular complexity index is 508. The van der Waals surface area contributed by atoms with Crippen molar-refractivity contribution in [2.24, 2.45) is 0 Å². The number of benzene rings is 1. The van der Waals surface area contributed by atoms with E-state index in [9.17, 15) is 9.18 Å². The van der Waals surface area contributed by atoms with Crippen molar-refractivity contribution in [2.75, 3.05) is 5.75 Å². The molecule has 1 rings (SSSR count). The van der Waals surface area contributed by atoms with Crippen molar-refractivity contribution in [3.8, 4) is 17.9 Å². The number of carbonyl (C=O) groups is 1. The van der Waals surface area contributed by atoms with Crippen LogP contribution in [0.2, 0.25) is 0 Å². The van der Waals surface area contributed by atoms with Crippen LogP contribution in [0.3, 0.4) is 0 Å². The van der Waals surface area contributed by atoms with Gasteiger partial charge in [-0.1, -0.05) is 23.6 Å². The lowest BCUT2D eigenvalue weighted by molar-refractivity contribution is -0.109. The van der Waals surface area contributed by atoms with Gasteiger partial charge in [0.05, 0.1) is 17.4 Å². The number of rotatable bonds is 1. The van der Waals surface area contributed by atoms with Crippen molar-refractivity contribution in [3.05, 3.63) is 35.1 Å². The first kappa shape index (κ1) is 12.3. The highest BCUT2D eigenvalue weighted by molar-refractivity contribution is 8.13. The lowest BCUT2D eigenvalue weighted by Gasteiger charge is -1.93. The molecule has 0 spiro atoms. The summed E-state index contributed by atoms with van der Waals surface area (Å²) in [5, 5.41) is 8.61. The SMILES string of the molecule is CC(=O)SCC#Cc1cc(F)cc(C#N)c1. The minimum atomic E-state index is -0.484. The molecule has 0 N–H and O–H groups in total. The Labute approximate surface area is 97.5 Å². The Hall–Kier alpha value is -1.78. The number of hydrogen-bond acceptors (Lipinski definition) is 3. The highest BCUT2D eigenvalue weighted by atomic mass is 32.2. The predicted octanol–water partition coefficient (Wildman–Crippen LogP) is 2.33. The molecule has 2 nitrogen and oxygen atoms in total. The van der Waals surface area contributed by atoms with E-state index in [-0.39, 0.29) is 10.7 Å². The van der Waals surface area contributed by atoms with Crippen LogP contribution < -0.4 is 0 Å². The highest BCUT2D eigenvalue weighted by Gasteiger charge is 1.97. The fourth-order valence-electron chi connectivity index (χ4n) is 1.00. The normalized spacial score (nSPS) is 8.81. The molecule has 0 saturated carbocycles. The van der Waals surface area contributed by atoms with Crippen LogP contribution in [0.15, 0.2) is 18.2 Å². The summed E-state index contributed by atoms with van der Waals surface area (Å²) in [5.74, 6) is 5.31. The zero-order chi connectivity index (χ0) is 12.0. The van der Waals surface area contributed by atoms with Crippen molar-refractivity contribution >= 4 is 16.9 Å². The zero-order valence-electron chi connectivity index (χ0n) is 8.58. The second-order valence-electron chi connectivity index (χ2n) is 2.92. The van der Waals surface area contributed by atoms with Gasteiger partial charge < -0.3 is 0 Å². The Morgan fingerprint density at radius 3 is 2.75 bits per heavy atom. The van der Waals surface area contributed by atoms with Crippen LogP contribution in [-0.2, 0) is 4.79 Å². The van der Waals surface area contributed by atoms with Crippen molar-refractivity contribution < 1.29 is 9.18 Å². The molecule has 16 heavy (non-hydrogen) atoms. The van der Waals surface area contributed by atoms with E-state index in [2.05, 4.69) is 11.8 Å². The molecule has 0 atom stereocenters. The number of thioether (sulfide) groups is 1. The molecule has 80 valence electrons. The van der Waals surface area contributed by atoms with Gasteiger partial charge in [-0.05, 0) is 18.2 Å². The van der Waals surface area contributed by atoms with E-state index in [4.69, 9.17) is 5.26 Å². The maximum atomic E-state index is 13.0. The fraction of sp³-hybridized carbons (Fsp3) is 0.167. The quantitative estimate of drug-likeness (QED) is 0.699. The molecule has 0 amide bonds. The molecule has 0 aliphatic carbocycles. The summed E-state index contributed by atoms with van der Waals surface area (Å²) in [6, 6.07) is 5.76.